The normalized spacial score (nSPS) is 18.5. The van der Waals surface area contributed by atoms with Crippen molar-refractivity contribution in [3.05, 3.63) is 51.3 Å². The van der Waals surface area contributed by atoms with Crippen LogP contribution in [0, 0.1) is 0 Å². The van der Waals surface area contributed by atoms with Crippen molar-refractivity contribution >= 4 is 39.2 Å². The number of carbonyl (C=O) groups is 1. The van der Waals surface area contributed by atoms with Crippen molar-refractivity contribution < 1.29 is 4.79 Å². The largest absolute Gasteiger partial charge is 0.359 e. The van der Waals surface area contributed by atoms with Crippen LogP contribution in [0.5, 0.6) is 0 Å². The summed E-state index contributed by atoms with van der Waals surface area (Å²) in [5, 5.41) is 2.92. The first-order valence-corrected chi connectivity index (χ1v) is 8.04. The summed E-state index contributed by atoms with van der Waals surface area (Å²) in [7, 11) is 0. The Bertz CT molecular complexity index is 750. The van der Waals surface area contributed by atoms with Gasteiger partial charge in [-0.2, -0.15) is 0 Å². The summed E-state index contributed by atoms with van der Waals surface area (Å²) in [5.41, 5.74) is 6.34. The van der Waals surface area contributed by atoms with Crippen molar-refractivity contribution in [3.63, 3.8) is 0 Å². The molecule has 0 radical (unpaired) electrons. The number of benzene rings is 1. The number of fused-ring (bicyclic) bond motifs is 2. The van der Waals surface area contributed by atoms with Crippen molar-refractivity contribution in [1.29, 1.82) is 0 Å². The highest BCUT2D eigenvalue weighted by Crippen LogP contribution is 2.35. The number of hydrogen-bond acceptors (Lipinski definition) is 1. The van der Waals surface area contributed by atoms with Gasteiger partial charge in [-0.05, 0) is 55.5 Å². The average molecular weight is 343 g/mol. The Labute approximate surface area is 131 Å². The summed E-state index contributed by atoms with van der Waals surface area (Å²) in [6.45, 7) is 0. The van der Waals surface area contributed by atoms with E-state index < -0.39 is 0 Å². The molecule has 4 rings (SSSR count). The van der Waals surface area contributed by atoms with Crippen LogP contribution in [0.25, 0.3) is 11.6 Å². The summed E-state index contributed by atoms with van der Waals surface area (Å²) in [6, 6.07) is 8.07. The van der Waals surface area contributed by atoms with Crippen LogP contribution < -0.4 is 5.32 Å². The van der Waals surface area contributed by atoms with Crippen LogP contribution in [0.1, 0.15) is 35.4 Å². The zero-order chi connectivity index (χ0) is 14.4. The fourth-order valence-corrected chi connectivity index (χ4v) is 3.53. The first-order chi connectivity index (χ1) is 10.2. The molecule has 2 aliphatic rings. The summed E-state index contributed by atoms with van der Waals surface area (Å²) in [4.78, 5) is 15.6. The van der Waals surface area contributed by atoms with Gasteiger partial charge in [-0.15, -0.1) is 0 Å². The quantitative estimate of drug-likeness (QED) is 0.751. The van der Waals surface area contributed by atoms with Crippen LogP contribution in [-0.4, -0.2) is 10.9 Å². The van der Waals surface area contributed by atoms with Gasteiger partial charge in [0, 0.05) is 21.4 Å². The number of nitrogens with one attached hydrogen (secondary N) is 2. The Morgan fingerprint density at radius 3 is 2.86 bits per heavy atom. The number of hydrogen-bond donors (Lipinski definition) is 2. The zero-order valence-corrected chi connectivity index (χ0v) is 13.1. The minimum Gasteiger partial charge on any atom is -0.359 e. The number of rotatable bonds is 1. The molecule has 2 heterocycles. The van der Waals surface area contributed by atoms with E-state index in [1.807, 2.05) is 24.3 Å². The second-order valence-corrected chi connectivity index (χ2v) is 6.55. The maximum absolute atomic E-state index is 12.2. The Kier molecular flexibility index (Phi) is 3.00. The van der Waals surface area contributed by atoms with Gasteiger partial charge < -0.3 is 10.3 Å². The molecule has 0 saturated carbocycles. The highest BCUT2D eigenvalue weighted by Gasteiger charge is 2.24. The fourth-order valence-electron chi connectivity index (χ4n) is 3.17. The molecule has 0 atom stereocenters. The molecule has 2 aromatic rings. The molecule has 0 fully saturated rings. The standard InChI is InChI=1S/C17H15BrN2O/c18-11-5-6-13-14(17(21)20-16(13)8-11)9-12-7-10-3-1-2-4-15(10)19-12/h5-9,19H,1-4H2,(H,20,21)/b14-9-. The molecule has 1 aromatic carbocycles. The summed E-state index contributed by atoms with van der Waals surface area (Å²) in [5.74, 6) is -0.0318. The SMILES string of the molecule is O=C1Nc2cc(Br)ccc2/C1=C/c1cc2c([nH]1)CCCC2. The smallest absolute Gasteiger partial charge is 0.256 e. The van der Waals surface area contributed by atoms with E-state index in [2.05, 4.69) is 32.3 Å². The highest BCUT2D eigenvalue weighted by molar-refractivity contribution is 9.10. The van der Waals surface area contributed by atoms with Gasteiger partial charge in [-0.25, -0.2) is 0 Å². The van der Waals surface area contributed by atoms with E-state index in [9.17, 15) is 4.79 Å². The van der Waals surface area contributed by atoms with E-state index in [0.717, 1.165) is 39.8 Å². The molecular weight excluding hydrogens is 328 g/mol. The number of halogens is 1. The number of anilines is 1. The molecule has 1 amide bonds. The molecule has 2 N–H and O–H groups in total. The van der Waals surface area contributed by atoms with Crippen LogP contribution in [-0.2, 0) is 17.6 Å². The second-order valence-electron chi connectivity index (χ2n) is 5.64. The predicted molar refractivity (Wildman–Crippen MR) is 88.1 cm³/mol. The third-order valence-corrected chi connectivity index (χ3v) is 4.69. The second kappa shape index (κ2) is 4.88. The Morgan fingerprint density at radius 2 is 2.00 bits per heavy atom. The Balaban J connectivity index is 1.76. The number of aryl methyl sites for hydroxylation is 2. The molecule has 1 aromatic heterocycles. The van der Waals surface area contributed by atoms with Gasteiger partial charge in [0.25, 0.3) is 5.91 Å². The van der Waals surface area contributed by atoms with Gasteiger partial charge in [0.1, 0.15) is 0 Å². The monoisotopic (exact) mass is 342 g/mol. The molecule has 4 heteroatoms. The first-order valence-electron chi connectivity index (χ1n) is 7.24. The van der Waals surface area contributed by atoms with E-state index in [4.69, 9.17) is 0 Å². The fraction of sp³-hybridized carbons (Fsp3) is 0.235. The lowest BCUT2D eigenvalue weighted by atomic mass is 9.98. The minimum atomic E-state index is -0.0318. The van der Waals surface area contributed by atoms with Gasteiger partial charge >= 0.3 is 0 Å². The molecule has 0 saturated heterocycles. The highest BCUT2D eigenvalue weighted by atomic mass is 79.9. The molecule has 1 aliphatic heterocycles. The van der Waals surface area contributed by atoms with Crippen molar-refractivity contribution in [2.45, 2.75) is 25.7 Å². The first kappa shape index (κ1) is 12.9. The lowest BCUT2D eigenvalue weighted by molar-refractivity contribution is -0.110. The summed E-state index contributed by atoms with van der Waals surface area (Å²) >= 11 is 3.43. The molecular formula is C17H15BrN2O. The van der Waals surface area contributed by atoms with E-state index in [1.54, 1.807) is 0 Å². The topological polar surface area (TPSA) is 44.9 Å². The van der Waals surface area contributed by atoms with Crippen LogP contribution >= 0.6 is 15.9 Å². The van der Waals surface area contributed by atoms with Gasteiger partial charge in [0.2, 0.25) is 0 Å². The van der Waals surface area contributed by atoms with Crippen molar-refractivity contribution in [2.24, 2.45) is 0 Å². The predicted octanol–water partition coefficient (Wildman–Crippen LogP) is 4.15. The molecule has 0 bridgehead atoms. The molecule has 0 unspecified atom stereocenters. The van der Waals surface area contributed by atoms with E-state index in [-0.39, 0.29) is 5.91 Å². The van der Waals surface area contributed by atoms with Crippen LogP contribution in [0.15, 0.2) is 28.7 Å². The van der Waals surface area contributed by atoms with Gasteiger partial charge in [-0.1, -0.05) is 22.0 Å². The molecule has 21 heavy (non-hydrogen) atoms. The number of carbonyl (C=O) groups excluding carboxylic acids is 1. The number of aromatic nitrogens is 1. The van der Waals surface area contributed by atoms with Crippen LogP contribution in [0.4, 0.5) is 5.69 Å². The van der Waals surface area contributed by atoms with Gasteiger partial charge in [0.15, 0.2) is 0 Å². The molecule has 3 nitrogen and oxygen atoms in total. The third kappa shape index (κ3) is 2.23. The third-order valence-electron chi connectivity index (χ3n) is 4.20. The van der Waals surface area contributed by atoms with Crippen molar-refractivity contribution in [1.82, 2.24) is 4.98 Å². The lowest BCUT2D eigenvalue weighted by Gasteiger charge is -2.08. The maximum atomic E-state index is 12.2. The minimum absolute atomic E-state index is 0.0318. The molecule has 0 spiro atoms. The van der Waals surface area contributed by atoms with E-state index >= 15 is 0 Å². The average Bonchev–Trinajstić information content (AvgIpc) is 3.00. The van der Waals surface area contributed by atoms with Gasteiger partial charge in [-0.3, -0.25) is 4.79 Å². The Hall–Kier alpha value is -1.81. The number of amides is 1. The number of H-pyrrole nitrogens is 1. The van der Waals surface area contributed by atoms with Crippen molar-refractivity contribution in [3.8, 4) is 0 Å². The Morgan fingerprint density at radius 1 is 1.14 bits per heavy atom. The summed E-state index contributed by atoms with van der Waals surface area (Å²) in [6.07, 6.45) is 6.74. The maximum Gasteiger partial charge on any atom is 0.256 e. The van der Waals surface area contributed by atoms with Crippen molar-refractivity contribution in [2.75, 3.05) is 5.32 Å². The zero-order valence-electron chi connectivity index (χ0n) is 11.5. The van der Waals surface area contributed by atoms with Crippen LogP contribution in [0.3, 0.4) is 0 Å². The number of aromatic amines is 1. The summed E-state index contributed by atoms with van der Waals surface area (Å²) < 4.78 is 0.970. The lowest BCUT2D eigenvalue weighted by Crippen LogP contribution is -2.03. The van der Waals surface area contributed by atoms with Crippen LogP contribution in [0.2, 0.25) is 0 Å². The van der Waals surface area contributed by atoms with Gasteiger partial charge in [0.05, 0.1) is 11.3 Å². The van der Waals surface area contributed by atoms with E-state index in [1.165, 1.54) is 24.1 Å². The molecule has 106 valence electrons. The molecule has 1 aliphatic carbocycles. The van der Waals surface area contributed by atoms with E-state index in [0.29, 0.717) is 0 Å².